The fourth-order valence-electron chi connectivity index (χ4n) is 2.30. The number of carbonyl (C=O) groups excluding carboxylic acids is 1. The number of carbonyl (C=O) groups is 1. The lowest BCUT2D eigenvalue weighted by Crippen LogP contribution is -2.18. The van der Waals surface area contributed by atoms with Gasteiger partial charge >= 0.3 is 0 Å². The van der Waals surface area contributed by atoms with Gasteiger partial charge in [0.05, 0.1) is 6.42 Å². The second kappa shape index (κ2) is 5.69. The van der Waals surface area contributed by atoms with Crippen LogP contribution in [0.1, 0.15) is 50.1 Å². The van der Waals surface area contributed by atoms with Crippen molar-refractivity contribution < 1.29 is 4.79 Å². The molecule has 0 bridgehead atoms. The van der Waals surface area contributed by atoms with E-state index in [0.29, 0.717) is 17.4 Å². The molecule has 110 valence electrons. The highest BCUT2D eigenvalue weighted by atomic mass is 79.9. The molecule has 2 atom stereocenters. The molecule has 0 aliphatic carbocycles. The third-order valence-electron chi connectivity index (χ3n) is 4.22. The zero-order valence-electron chi connectivity index (χ0n) is 12.4. The molecule has 20 heavy (non-hydrogen) atoms. The lowest BCUT2D eigenvalue weighted by atomic mass is 9.79. The molecule has 0 saturated heterocycles. The van der Waals surface area contributed by atoms with Crippen LogP contribution in [0.25, 0.3) is 0 Å². The van der Waals surface area contributed by atoms with E-state index in [2.05, 4.69) is 55.0 Å². The molecule has 0 fully saturated rings. The molecule has 2 nitrogen and oxygen atoms in total. The number of amides is 1. The van der Waals surface area contributed by atoms with Crippen molar-refractivity contribution in [2.75, 3.05) is 5.32 Å². The molecule has 4 heteroatoms. The van der Waals surface area contributed by atoms with Crippen molar-refractivity contribution in [3.05, 3.63) is 28.3 Å². The van der Waals surface area contributed by atoms with E-state index in [0.717, 1.165) is 23.2 Å². The summed E-state index contributed by atoms with van der Waals surface area (Å²) in [5.74, 6) is 0.610. The maximum Gasteiger partial charge on any atom is 0.228 e. The average molecular weight is 359 g/mol. The SMILES string of the molecule is CC(CC(Br)c1cc2c(cc1Cl)NC(=O)C2)C(C)(C)C. The van der Waals surface area contributed by atoms with Gasteiger partial charge in [-0.05, 0) is 34.9 Å². The Morgan fingerprint density at radius 3 is 2.65 bits per heavy atom. The van der Waals surface area contributed by atoms with Gasteiger partial charge in [0.1, 0.15) is 0 Å². The molecule has 2 unspecified atom stereocenters. The summed E-state index contributed by atoms with van der Waals surface area (Å²) >= 11 is 10.1. The number of alkyl halides is 1. The second-order valence-electron chi connectivity index (χ2n) is 6.73. The fraction of sp³-hybridized carbons (Fsp3) is 0.562. The smallest absolute Gasteiger partial charge is 0.228 e. The predicted octanol–water partition coefficient (Wildman–Crippen LogP) is 5.34. The molecule has 1 aliphatic rings. The molecule has 0 radical (unpaired) electrons. The third-order valence-corrected chi connectivity index (χ3v) is 5.42. The number of nitrogens with one attached hydrogen (secondary N) is 1. The monoisotopic (exact) mass is 357 g/mol. The molecular formula is C16H21BrClNO. The highest BCUT2D eigenvalue weighted by Gasteiger charge is 2.26. The number of halogens is 2. The maximum absolute atomic E-state index is 11.4. The number of fused-ring (bicyclic) bond motifs is 1. The van der Waals surface area contributed by atoms with E-state index in [-0.39, 0.29) is 16.1 Å². The van der Waals surface area contributed by atoms with E-state index in [1.54, 1.807) is 0 Å². The van der Waals surface area contributed by atoms with Gasteiger partial charge in [-0.2, -0.15) is 0 Å². The Kier molecular flexibility index (Phi) is 4.50. The first-order chi connectivity index (χ1) is 9.18. The summed E-state index contributed by atoms with van der Waals surface area (Å²) in [5, 5.41) is 3.55. The molecule has 0 saturated carbocycles. The van der Waals surface area contributed by atoms with Gasteiger partial charge in [0.25, 0.3) is 0 Å². The summed E-state index contributed by atoms with van der Waals surface area (Å²) in [4.78, 5) is 11.6. The van der Waals surface area contributed by atoms with Gasteiger partial charge < -0.3 is 5.32 Å². The Labute approximate surface area is 134 Å². The van der Waals surface area contributed by atoms with E-state index in [1.165, 1.54) is 0 Å². The van der Waals surface area contributed by atoms with Crippen LogP contribution in [-0.2, 0) is 11.2 Å². The highest BCUT2D eigenvalue weighted by molar-refractivity contribution is 9.09. The molecule has 1 amide bonds. The Morgan fingerprint density at radius 1 is 1.40 bits per heavy atom. The van der Waals surface area contributed by atoms with Gasteiger partial charge in [0.2, 0.25) is 5.91 Å². The van der Waals surface area contributed by atoms with Crippen LogP contribution in [0.15, 0.2) is 12.1 Å². The van der Waals surface area contributed by atoms with Crippen LogP contribution in [0.5, 0.6) is 0 Å². The summed E-state index contributed by atoms with van der Waals surface area (Å²) < 4.78 is 0. The standard InChI is InChI=1S/C16H21BrClNO/c1-9(16(2,3)4)5-12(17)11-6-10-7-15(20)19-14(10)8-13(11)18/h6,8-9,12H,5,7H2,1-4H3,(H,19,20). The van der Waals surface area contributed by atoms with Crippen molar-refractivity contribution in [1.82, 2.24) is 0 Å². The summed E-state index contributed by atoms with van der Waals surface area (Å²) in [7, 11) is 0. The Balaban J connectivity index is 2.21. The van der Waals surface area contributed by atoms with Crippen LogP contribution in [0.4, 0.5) is 5.69 Å². The van der Waals surface area contributed by atoms with Crippen LogP contribution < -0.4 is 5.32 Å². The Bertz CT molecular complexity index is 536. The number of anilines is 1. The summed E-state index contributed by atoms with van der Waals surface area (Å²) in [6, 6.07) is 3.93. The fourth-order valence-corrected chi connectivity index (χ4v) is 3.66. The summed E-state index contributed by atoms with van der Waals surface area (Å²) in [6.45, 7) is 9.03. The average Bonchev–Trinajstić information content (AvgIpc) is 2.65. The maximum atomic E-state index is 11.4. The number of benzene rings is 1. The molecule has 1 aromatic rings. The lowest BCUT2D eigenvalue weighted by molar-refractivity contribution is -0.115. The molecule has 1 aliphatic heterocycles. The van der Waals surface area contributed by atoms with E-state index >= 15 is 0 Å². The predicted molar refractivity (Wildman–Crippen MR) is 88.7 cm³/mol. The van der Waals surface area contributed by atoms with Crippen LogP contribution in [0, 0.1) is 11.3 Å². The van der Waals surface area contributed by atoms with Gasteiger partial charge in [0, 0.05) is 15.5 Å². The van der Waals surface area contributed by atoms with Crippen molar-refractivity contribution >= 4 is 39.1 Å². The normalized spacial score (nSPS) is 17.6. The lowest BCUT2D eigenvalue weighted by Gasteiger charge is -2.29. The van der Waals surface area contributed by atoms with E-state index in [9.17, 15) is 4.79 Å². The van der Waals surface area contributed by atoms with Crippen molar-refractivity contribution in [2.24, 2.45) is 11.3 Å². The Hall–Kier alpha value is -0.540. The number of rotatable bonds is 3. The summed E-state index contributed by atoms with van der Waals surface area (Å²) in [6.07, 6.45) is 1.47. The van der Waals surface area contributed by atoms with Crippen molar-refractivity contribution in [3.63, 3.8) is 0 Å². The molecule has 1 N–H and O–H groups in total. The minimum atomic E-state index is 0.0439. The van der Waals surface area contributed by atoms with E-state index in [4.69, 9.17) is 11.6 Å². The van der Waals surface area contributed by atoms with Gasteiger partial charge in [-0.3, -0.25) is 4.79 Å². The van der Waals surface area contributed by atoms with Crippen LogP contribution >= 0.6 is 27.5 Å². The minimum Gasteiger partial charge on any atom is -0.325 e. The van der Waals surface area contributed by atoms with Crippen LogP contribution in [-0.4, -0.2) is 5.91 Å². The zero-order chi connectivity index (χ0) is 15.1. The first kappa shape index (κ1) is 15.8. The van der Waals surface area contributed by atoms with Crippen LogP contribution in [0.3, 0.4) is 0 Å². The van der Waals surface area contributed by atoms with E-state index in [1.807, 2.05) is 6.07 Å². The number of hydrogen-bond donors (Lipinski definition) is 1. The van der Waals surface area contributed by atoms with Gasteiger partial charge in [-0.25, -0.2) is 0 Å². The van der Waals surface area contributed by atoms with Crippen molar-refractivity contribution in [3.8, 4) is 0 Å². The van der Waals surface area contributed by atoms with Crippen molar-refractivity contribution in [1.29, 1.82) is 0 Å². The first-order valence-electron chi connectivity index (χ1n) is 6.94. The van der Waals surface area contributed by atoms with Crippen LogP contribution in [0.2, 0.25) is 5.02 Å². The topological polar surface area (TPSA) is 29.1 Å². The number of hydrogen-bond acceptors (Lipinski definition) is 1. The summed E-state index contributed by atoms with van der Waals surface area (Å²) in [5.41, 5.74) is 3.25. The third kappa shape index (κ3) is 3.37. The van der Waals surface area contributed by atoms with Gasteiger partial charge in [-0.1, -0.05) is 61.3 Å². The molecule has 0 aromatic heterocycles. The molecule has 1 aromatic carbocycles. The van der Waals surface area contributed by atoms with Gasteiger partial charge in [-0.15, -0.1) is 0 Å². The highest BCUT2D eigenvalue weighted by Crippen LogP contribution is 2.41. The van der Waals surface area contributed by atoms with Crippen molar-refractivity contribution in [2.45, 2.75) is 45.4 Å². The molecular weight excluding hydrogens is 338 g/mol. The quantitative estimate of drug-likeness (QED) is 0.726. The second-order valence-corrected chi connectivity index (χ2v) is 8.24. The molecule has 2 rings (SSSR count). The van der Waals surface area contributed by atoms with Gasteiger partial charge in [0.15, 0.2) is 0 Å². The Morgan fingerprint density at radius 2 is 2.05 bits per heavy atom. The first-order valence-corrected chi connectivity index (χ1v) is 8.24. The zero-order valence-corrected chi connectivity index (χ0v) is 14.7. The molecule has 1 heterocycles. The largest absolute Gasteiger partial charge is 0.325 e. The molecule has 0 spiro atoms. The van der Waals surface area contributed by atoms with E-state index < -0.39 is 0 Å². The minimum absolute atomic E-state index is 0.0439.